The molecule has 34 heavy (non-hydrogen) atoms. The Labute approximate surface area is 194 Å². The van der Waals surface area contributed by atoms with Crippen LogP contribution < -0.4 is 5.43 Å². The smallest absolute Gasteiger partial charge is 0.311 e. The molecule has 172 valence electrons. The number of carbonyl (C=O) groups is 1. The summed E-state index contributed by atoms with van der Waals surface area (Å²) in [6.07, 6.45) is 0. The zero-order valence-electron chi connectivity index (χ0n) is 18.7. The average Bonchev–Trinajstić information content (AvgIpc) is 3.11. The summed E-state index contributed by atoms with van der Waals surface area (Å²) in [5, 5.41) is 36.7. The van der Waals surface area contributed by atoms with Crippen molar-refractivity contribution in [1.82, 2.24) is 9.99 Å². The number of carbonyl (C=O) groups excluding carboxylic acids is 1. The largest absolute Gasteiger partial charge is 0.502 e. The van der Waals surface area contributed by atoms with Crippen LogP contribution in [0.3, 0.4) is 0 Å². The van der Waals surface area contributed by atoms with E-state index in [0.29, 0.717) is 11.3 Å². The maximum absolute atomic E-state index is 12.5. The Hall–Kier alpha value is -4.66. The van der Waals surface area contributed by atoms with E-state index in [1.807, 2.05) is 56.3 Å². The van der Waals surface area contributed by atoms with Gasteiger partial charge in [0.25, 0.3) is 5.91 Å². The number of benzene rings is 3. The highest BCUT2D eigenvalue weighted by atomic mass is 16.6. The molecule has 4 rings (SSSR count). The van der Waals surface area contributed by atoms with Gasteiger partial charge in [-0.3, -0.25) is 19.5 Å². The SMILES string of the molecule is CC(=NNC(=O)c1ccc(O)c([N+](=O)[O-])c1)c1c(O)n(-c2ccc(C)c(C)c2)c2ccccc12. The van der Waals surface area contributed by atoms with Gasteiger partial charge in [0.05, 0.1) is 21.7 Å². The molecule has 4 aromatic rings. The number of aryl methyl sites for hydroxylation is 2. The van der Waals surface area contributed by atoms with Crippen molar-refractivity contribution in [3.05, 3.63) is 93.0 Å². The predicted octanol–water partition coefficient (Wildman–Crippen LogP) is 4.72. The van der Waals surface area contributed by atoms with E-state index in [1.54, 1.807) is 11.5 Å². The molecule has 0 bridgehead atoms. The topological polar surface area (TPSA) is 130 Å². The van der Waals surface area contributed by atoms with E-state index in [0.717, 1.165) is 39.8 Å². The number of amides is 1. The number of hydrazone groups is 1. The van der Waals surface area contributed by atoms with Crippen LogP contribution in [0, 0.1) is 24.0 Å². The second-order valence-corrected chi connectivity index (χ2v) is 7.92. The van der Waals surface area contributed by atoms with Gasteiger partial charge in [-0.05, 0) is 62.2 Å². The molecule has 1 heterocycles. The van der Waals surface area contributed by atoms with E-state index < -0.39 is 22.3 Å². The van der Waals surface area contributed by atoms with E-state index >= 15 is 0 Å². The van der Waals surface area contributed by atoms with Crippen molar-refractivity contribution in [3.63, 3.8) is 0 Å². The van der Waals surface area contributed by atoms with Crippen molar-refractivity contribution in [2.24, 2.45) is 5.10 Å². The molecular formula is C25H22N4O5. The lowest BCUT2D eigenvalue weighted by atomic mass is 10.1. The van der Waals surface area contributed by atoms with E-state index in [4.69, 9.17) is 0 Å². The van der Waals surface area contributed by atoms with E-state index in [9.17, 15) is 25.1 Å². The third-order valence-corrected chi connectivity index (χ3v) is 5.72. The van der Waals surface area contributed by atoms with Gasteiger partial charge in [-0.1, -0.05) is 24.3 Å². The fourth-order valence-corrected chi connectivity index (χ4v) is 3.78. The lowest BCUT2D eigenvalue weighted by Crippen LogP contribution is -2.19. The number of nitro benzene ring substituents is 1. The minimum Gasteiger partial charge on any atom is -0.502 e. The number of phenolic OH excluding ortho intramolecular Hbond substituents is 1. The van der Waals surface area contributed by atoms with Gasteiger partial charge in [-0.2, -0.15) is 5.10 Å². The molecule has 0 atom stereocenters. The first-order valence-electron chi connectivity index (χ1n) is 10.4. The van der Waals surface area contributed by atoms with Crippen LogP contribution in [0.15, 0.2) is 65.8 Å². The molecule has 0 saturated carbocycles. The molecule has 3 aromatic carbocycles. The molecule has 0 radical (unpaired) electrons. The normalized spacial score (nSPS) is 11.6. The molecule has 0 unspecified atom stereocenters. The molecule has 1 aromatic heterocycles. The number of hydrogen-bond donors (Lipinski definition) is 3. The van der Waals surface area contributed by atoms with Crippen LogP contribution in [-0.4, -0.2) is 31.3 Å². The Bertz CT molecular complexity index is 1490. The van der Waals surface area contributed by atoms with Crippen LogP contribution >= 0.6 is 0 Å². The number of phenols is 1. The van der Waals surface area contributed by atoms with Gasteiger partial charge in [0, 0.05) is 22.7 Å². The highest BCUT2D eigenvalue weighted by molar-refractivity contribution is 6.13. The van der Waals surface area contributed by atoms with Gasteiger partial charge in [0.2, 0.25) is 5.88 Å². The summed E-state index contributed by atoms with van der Waals surface area (Å²) in [6, 6.07) is 16.6. The maximum Gasteiger partial charge on any atom is 0.311 e. The number of aromatic hydroxyl groups is 2. The average molecular weight is 458 g/mol. The molecule has 1 amide bonds. The number of nitro groups is 1. The summed E-state index contributed by atoms with van der Waals surface area (Å²) in [7, 11) is 0. The van der Waals surface area contributed by atoms with Gasteiger partial charge < -0.3 is 10.2 Å². The summed E-state index contributed by atoms with van der Waals surface area (Å²) >= 11 is 0. The molecule has 3 N–H and O–H groups in total. The quantitative estimate of drug-likeness (QED) is 0.226. The Balaban J connectivity index is 1.73. The van der Waals surface area contributed by atoms with Crippen LogP contribution in [0.5, 0.6) is 11.6 Å². The second-order valence-electron chi connectivity index (χ2n) is 7.92. The van der Waals surface area contributed by atoms with Crippen LogP contribution in [0.25, 0.3) is 16.6 Å². The van der Waals surface area contributed by atoms with E-state index in [2.05, 4.69) is 10.5 Å². The molecular weight excluding hydrogens is 436 g/mol. The maximum atomic E-state index is 12.5. The van der Waals surface area contributed by atoms with Crippen molar-refractivity contribution >= 4 is 28.2 Å². The Kier molecular flexibility index (Phi) is 5.77. The lowest BCUT2D eigenvalue weighted by Gasteiger charge is -2.10. The first-order chi connectivity index (χ1) is 16.2. The number of rotatable bonds is 5. The highest BCUT2D eigenvalue weighted by Gasteiger charge is 2.21. The van der Waals surface area contributed by atoms with Gasteiger partial charge in [0.1, 0.15) is 0 Å². The second kappa shape index (κ2) is 8.70. The van der Waals surface area contributed by atoms with Crippen molar-refractivity contribution in [2.45, 2.75) is 20.8 Å². The molecule has 0 spiro atoms. The fourth-order valence-electron chi connectivity index (χ4n) is 3.78. The summed E-state index contributed by atoms with van der Waals surface area (Å²) in [5.74, 6) is -1.26. The Morgan fingerprint density at radius 1 is 1.03 bits per heavy atom. The van der Waals surface area contributed by atoms with Crippen molar-refractivity contribution in [2.75, 3.05) is 0 Å². The number of aromatic nitrogens is 1. The number of nitrogens with zero attached hydrogens (tertiary/aromatic N) is 3. The van der Waals surface area contributed by atoms with Gasteiger partial charge >= 0.3 is 5.69 Å². The van der Waals surface area contributed by atoms with Crippen molar-refractivity contribution < 1.29 is 19.9 Å². The molecule has 0 saturated heterocycles. The molecule has 9 nitrogen and oxygen atoms in total. The van der Waals surface area contributed by atoms with Crippen LogP contribution in [0.1, 0.15) is 34.0 Å². The monoisotopic (exact) mass is 458 g/mol. The molecule has 0 fully saturated rings. The summed E-state index contributed by atoms with van der Waals surface area (Å²) in [4.78, 5) is 22.8. The van der Waals surface area contributed by atoms with Gasteiger partial charge in [0.15, 0.2) is 5.75 Å². The number of hydrogen-bond acceptors (Lipinski definition) is 6. The highest BCUT2D eigenvalue weighted by Crippen LogP contribution is 2.35. The number of para-hydroxylation sites is 1. The Morgan fingerprint density at radius 3 is 2.47 bits per heavy atom. The molecule has 9 heteroatoms. The predicted molar refractivity (Wildman–Crippen MR) is 129 cm³/mol. The third-order valence-electron chi connectivity index (χ3n) is 5.72. The summed E-state index contributed by atoms with van der Waals surface area (Å²) in [6.45, 7) is 5.66. The van der Waals surface area contributed by atoms with Gasteiger partial charge in [-0.15, -0.1) is 0 Å². The van der Waals surface area contributed by atoms with Crippen LogP contribution in [0.4, 0.5) is 5.69 Å². The minimum atomic E-state index is -0.777. The van der Waals surface area contributed by atoms with Crippen molar-refractivity contribution in [1.29, 1.82) is 0 Å². The lowest BCUT2D eigenvalue weighted by molar-refractivity contribution is -0.385. The Morgan fingerprint density at radius 2 is 1.76 bits per heavy atom. The van der Waals surface area contributed by atoms with Gasteiger partial charge in [-0.25, -0.2) is 5.43 Å². The van der Waals surface area contributed by atoms with Crippen LogP contribution in [-0.2, 0) is 0 Å². The first kappa shape index (κ1) is 22.5. The van der Waals surface area contributed by atoms with Crippen molar-refractivity contribution in [3.8, 4) is 17.3 Å². The standard InChI is InChI=1S/C25H22N4O5/c1-14-8-10-18(12-15(14)2)28-20-7-5-4-6-19(20)23(25(28)32)16(3)26-27-24(31)17-9-11-22(30)21(13-17)29(33)34/h4-13,30,32H,1-3H3,(H,27,31). The first-order valence-corrected chi connectivity index (χ1v) is 10.4. The summed E-state index contributed by atoms with van der Waals surface area (Å²) in [5.41, 5.74) is 6.31. The summed E-state index contributed by atoms with van der Waals surface area (Å²) < 4.78 is 1.72. The van der Waals surface area contributed by atoms with E-state index in [1.165, 1.54) is 6.07 Å². The van der Waals surface area contributed by atoms with Crippen LogP contribution in [0.2, 0.25) is 0 Å². The third kappa shape index (κ3) is 3.95. The number of nitrogens with one attached hydrogen (secondary N) is 1. The molecule has 0 aliphatic heterocycles. The minimum absolute atomic E-state index is 0.0276. The zero-order chi connectivity index (χ0) is 24.6. The molecule has 0 aliphatic carbocycles. The van der Waals surface area contributed by atoms with E-state index in [-0.39, 0.29) is 11.4 Å². The number of fused-ring (bicyclic) bond motifs is 1. The zero-order valence-corrected chi connectivity index (χ0v) is 18.7. The fraction of sp³-hybridized carbons (Fsp3) is 0.120. The molecule has 0 aliphatic rings.